The van der Waals surface area contributed by atoms with Crippen molar-refractivity contribution in [1.82, 2.24) is 10.2 Å². The third kappa shape index (κ3) is 5.73. The highest BCUT2D eigenvalue weighted by Gasteiger charge is 2.20. The predicted molar refractivity (Wildman–Crippen MR) is 114 cm³/mol. The number of methoxy groups -OCH3 is 1. The Morgan fingerprint density at radius 2 is 1.93 bits per heavy atom. The molecule has 1 saturated heterocycles. The first-order valence-corrected chi connectivity index (χ1v) is 10.1. The number of hydrogen-bond donors (Lipinski definition) is 0. The molecular weight excluding hydrogens is 392 g/mol. The molecule has 29 heavy (non-hydrogen) atoms. The second-order valence-corrected chi connectivity index (χ2v) is 7.39. The molecule has 1 aliphatic rings. The summed E-state index contributed by atoms with van der Waals surface area (Å²) in [6.07, 6.45) is 3.22. The molecule has 2 aromatic rings. The molecule has 0 saturated carbocycles. The average Bonchev–Trinajstić information content (AvgIpc) is 2.75. The molecule has 1 aromatic carbocycles. The maximum atomic E-state index is 6.00. The molecule has 0 amide bonds. The number of benzene rings is 1. The first-order chi connectivity index (χ1) is 14.1. The van der Waals surface area contributed by atoms with Gasteiger partial charge in [0.25, 0.3) is 0 Å². The zero-order valence-electron chi connectivity index (χ0n) is 17.1. The van der Waals surface area contributed by atoms with Crippen LogP contribution in [0.1, 0.15) is 31.7 Å². The standard InChI is InChI=1S/C21H27ClN4O3/c1-15(25-28-3)17-4-5-18(19(14-17)27-2)29-13-10-16-8-11-26(12-9-16)21-7-6-20(22)23-24-21/h4-7,14,16H,8-13H2,1-3H3. The first-order valence-electron chi connectivity index (χ1n) is 9.74. The van der Waals surface area contributed by atoms with Gasteiger partial charge in [0.2, 0.25) is 0 Å². The van der Waals surface area contributed by atoms with Crippen LogP contribution in [0.2, 0.25) is 5.15 Å². The Morgan fingerprint density at radius 1 is 1.14 bits per heavy atom. The number of ether oxygens (including phenoxy) is 2. The van der Waals surface area contributed by atoms with E-state index in [2.05, 4.69) is 20.3 Å². The molecule has 2 heterocycles. The molecule has 0 bridgehead atoms. The molecule has 1 aromatic heterocycles. The normalized spacial score (nSPS) is 15.3. The minimum atomic E-state index is 0.422. The number of piperidine rings is 1. The van der Waals surface area contributed by atoms with Gasteiger partial charge in [-0.2, -0.15) is 0 Å². The smallest absolute Gasteiger partial charge is 0.161 e. The topological polar surface area (TPSA) is 69.1 Å². The van der Waals surface area contributed by atoms with E-state index in [-0.39, 0.29) is 0 Å². The molecule has 0 atom stereocenters. The molecule has 7 nitrogen and oxygen atoms in total. The SMILES string of the molecule is CON=C(C)c1ccc(OCCC2CCN(c3ccc(Cl)nn3)CC2)c(OC)c1. The van der Waals surface area contributed by atoms with Crippen LogP contribution in [-0.4, -0.2) is 49.8 Å². The van der Waals surface area contributed by atoms with Gasteiger partial charge in [-0.15, -0.1) is 10.2 Å². The van der Waals surface area contributed by atoms with Crippen molar-refractivity contribution in [3.8, 4) is 11.5 Å². The van der Waals surface area contributed by atoms with Gasteiger partial charge in [0.05, 0.1) is 19.4 Å². The Bertz CT molecular complexity index is 821. The minimum Gasteiger partial charge on any atom is -0.493 e. The van der Waals surface area contributed by atoms with E-state index in [1.807, 2.05) is 31.2 Å². The van der Waals surface area contributed by atoms with E-state index >= 15 is 0 Å². The number of nitrogens with zero attached hydrogens (tertiary/aromatic N) is 4. The van der Waals surface area contributed by atoms with Gasteiger partial charge in [-0.25, -0.2) is 0 Å². The van der Waals surface area contributed by atoms with Crippen LogP contribution < -0.4 is 14.4 Å². The average molecular weight is 419 g/mol. The van der Waals surface area contributed by atoms with Crippen molar-refractivity contribution in [3.05, 3.63) is 41.0 Å². The molecular formula is C21H27ClN4O3. The van der Waals surface area contributed by atoms with Crippen LogP contribution >= 0.6 is 11.6 Å². The fourth-order valence-electron chi connectivity index (χ4n) is 3.47. The molecule has 3 rings (SSSR count). The molecule has 8 heteroatoms. The van der Waals surface area contributed by atoms with Gasteiger partial charge in [0, 0.05) is 18.7 Å². The second-order valence-electron chi connectivity index (χ2n) is 7.01. The fourth-order valence-corrected chi connectivity index (χ4v) is 3.57. The summed E-state index contributed by atoms with van der Waals surface area (Å²) in [4.78, 5) is 7.09. The summed E-state index contributed by atoms with van der Waals surface area (Å²) < 4.78 is 11.5. The van der Waals surface area contributed by atoms with Crippen molar-refractivity contribution in [2.45, 2.75) is 26.2 Å². The molecule has 1 aliphatic heterocycles. The van der Waals surface area contributed by atoms with Crippen molar-refractivity contribution in [1.29, 1.82) is 0 Å². The summed E-state index contributed by atoms with van der Waals surface area (Å²) in [5.41, 5.74) is 1.73. The maximum absolute atomic E-state index is 6.00. The van der Waals surface area contributed by atoms with Gasteiger partial charge >= 0.3 is 0 Å². The predicted octanol–water partition coefficient (Wildman–Crippen LogP) is 4.19. The van der Waals surface area contributed by atoms with Crippen molar-refractivity contribution >= 4 is 23.1 Å². The van der Waals surface area contributed by atoms with E-state index in [0.29, 0.717) is 23.4 Å². The van der Waals surface area contributed by atoms with Crippen molar-refractivity contribution in [2.75, 3.05) is 38.8 Å². The van der Waals surface area contributed by atoms with Crippen molar-refractivity contribution in [2.24, 2.45) is 11.1 Å². The lowest BCUT2D eigenvalue weighted by atomic mass is 9.94. The second kappa shape index (κ2) is 10.3. The lowest BCUT2D eigenvalue weighted by Crippen LogP contribution is -2.34. The minimum absolute atomic E-state index is 0.422. The van der Waals surface area contributed by atoms with Gasteiger partial charge < -0.3 is 19.2 Å². The van der Waals surface area contributed by atoms with Crippen molar-refractivity contribution in [3.63, 3.8) is 0 Å². The lowest BCUT2D eigenvalue weighted by molar-refractivity contribution is 0.213. The highest BCUT2D eigenvalue weighted by molar-refractivity contribution is 6.29. The van der Waals surface area contributed by atoms with Crippen LogP contribution in [0, 0.1) is 5.92 Å². The Kier molecular flexibility index (Phi) is 7.52. The quantitative estimate of drug-likeness (QED) is 0.472. The number of aromatic nitrogens is 2. The summed E-state index contributed by atoms with van der Waals surface area (Å²) >= 11 is 5.81. The summed E-state index contributed by atoms with van der Waals surface area (Å²) in [5.74, 6) is 2.97. The van der Waals surface area contributed by atoms with Crippen molar-refractivity contribution < 1.29 is 14.3 Å². The molecule has 0 unspecified atom stereocenters. The third-order valence-electron chi connectivity index (χ3n) is 5.15. The lowest BCUT2D eigenvalue weighted by Gasteiger charge is -2.32. The monoisotopic (exact) mass is 418 g/mol. The number of halogens is 1. The van der Waals surface area contributed by atoms with Crippen LogP contribution in [0.25, 0.3) is 0 Å². The molecule has 156 valence electrons. The maximum Gasteiger partial charge on any atom is 0.161 e. The number of hydrogen-bond acceptors (Lipinski definition) is 7. The van der Waals surface area contributed by atoms with Gasteiger partial charge in [0.15, 0.2) is 22.5 Å². The van der Waals surface area contributed by atoms with Crippen LogP contribution in [-0.2, 0) is 4.84 Å². The van der Waals surface area contributed by atoms with E-state index in [9.17, 15) is 0 Å². The number of rotatable bonds is 8. The Hall–Kier alpha value is -2.54. The Balaban J connectivity index is 1.48. The van der Waals surface area contributed by atoms with E-state index < -0.39 is 0 Å². The van der Waals surface area contributed by atoms with Gasteiger partial charge in [-0.3, -0.25) is 0 Å². The van der Waals surface area contributed by atoms with Crippen LogP contribution in [0.3, 0.4) is 0 Å². The zero-order valence-corrected chi connectivity index (χ0v) is 17.9. The molecule has 0 N–H and O–H groups in total. The fraction of sp³-hybridized carbons (Fsp3) is 0.476. The van der Waals surface area contributed by atoms with E-state index in [0.717, 1.165) is 55.2 Å². The summed E-state index contributed by atoms with van der Waals surface area (Å²) in [6.45, 7) is 4.49. The van der Waals surface area contributed by atoms with Gasteiger partial charge in [-0.05, 0) is 62.4 Å². The van der Waals surface area contributed by atoms with E-state index in [4.69, 9.17) is 25.9 Å². The molecule has 0 aliphatic carbocycles. The van der Waals surface area contributed by atoms with E-state index in [1.165, 1.54) is 7.11 Å². The van der Waals surface area contributed by atoms with Gasteiger partial charge in [0.1, 0.15) is 7.11 Å². The van der Waals surface area contributed by atoms with Crippen LogP contribution in [0.4, 0.5) is 5.82 Å². The highest BCUT2D eigenvalue weighted by Crippen LogP contribution is 2.30. The molecule has 0 radical (unpaired) electrons. The van der Waals surface area contributed by atoms with Gasteiger partial charge in [-0.1, -0.05) is 16.8 Å². The number of anilines is 1. The number of oxime groups is 1. The summed E-state index contributed by atoms with van der Waals surface area (Å²) in [7, 11) is 3.18. The Morgan fingerprint density at radius 3 is 2.59 bits per heavy atom. The third-order valence-corrected chi connectivity index (χ3v) is 5.35. The first kappa shape index (κ1) is 21.2. The van der Waals surface area contributed by atoms with E-state index in [1.54, 1.807) is 13.2 Å². The zero-order chi connectivity index (χ0) is 20.6. The Labute approximate surface area is 176 Å². The van der Waals surface area contributed by atoms with Crippen LogP contribution in [0.15, 0.2) is 35.5 Å². The summed E-state index contributed by atoms with van der Waals surface area (Å²) in [5, 5.41) is 12.5. The highest BCUT2D eigenvalue weighted by atomic mass is 35.5. The summed E-state index contributed by atoms with van der Waals surface area (Å²) in [6, 6.07) is 9.50. The van der Waals surface area contributed by atoms with Crippen LogP contribution in [0.5, 0.6) is 11.5 Å². The largest absolute Gasteiger partial charge is 0.493 e. The molecule has 0 spiro atoms. The molecule has 1 fully saturated rings.